The second kappa shape index (κ2) is 4.64. The van der Waals surface area contributed by atoms with Gasteiger partial charge < -0.3 is 10.6 Å². The molecule has 0 bridgehead atoms. The lowest BCUT2D eigenvalue weighted by molar-refractivity contribution is -0.123. The summed E-state index contributed by atoms with van der Waals surface area (Å²) in [6.07, 6.45) is 1.87. The van der Waals surface area contributed by atoms with Crippen LogP contribution in [0.25, 0.3) is 10.9 Å². The number of hydrogen-bond acceptors (Lipinski definition) is 3. The van der Waals surface area contributed by atoms with Gasteiger partial charge in [0.2, 0.25) is 5.91 Å². The summed E-state index contributed by atoms with van der Waals surface area (Å²) in [5.74, 6) is 0.826. The van der Waals surface area contributed by atoms with Crippen LogP contribution in [0.15, 0.2) is 36.4 Å². The van der Waals surface area contributed by atoms with E-state index in [1.54, 1.807) is 0 Å². The molecule has 1 amide bonds. The molecule has 2 N–H and O–H groups in total. The molecule has 1 unspecified atom stereocenters. The zero-order valence-corrected chi connectivity index (χ0v) is 10.0. The average Bonchev–Trinajstić information content (AvgIpc) is 2.41. The zero-order valence-electron chi connectivity index (χ0n) is 10.0. The number of nitrogens with one attached hydrogen (secondary N) is 2. The summed E-state index contributed by atoms with van der Waals surface area (Å²) < 4.78 is 0. The molecule has 1 saturated heterocycles. The van der Waals surface area contributed by atoms with Crippen LogP contribution in [0.5, 0.6) is 0 Å². The number of amides is 1. The van der Waals surface area contributed by atoms with Gasteiger partial charge in [-0.1, -0.05) is 18.2 Å². The largest absolute Gasteiger partial charge is 0.358 e. The number of pyridine rings is 1. The quantitative estimate of drug-likeness (QED) is 0.844. The molecule has 0 spiro atoms. The lowest BCUT2D eigenvalue weighted by Gasteiger charge is -2.23. The molecule has 1 atom stereocenters. The Morgan fingerprint density at radius 1 is 1.22 bits per heavy atom. The molecule has 4 nitrogen and oxygen atoms in total. The SMILES string of the molecule is O=C1NCCCC1Nc1ccc2ccccc2n1. The van der Waals surface area contributed by atoms with Gasteiger partial charge >= 0.3 is 0 Å². The molecular formula is C14H15N3O. The van der Waals surface area contributed by atoms with Gasteiger partial charge in [0, 0.05) is 11.9 Å². The third-order valence-electron chi connectivity index (χ3n) is 3.21. The monoisotopic (exact) mass is 241 g/mol. The molecule has 1 aliphatic heterocycles. The number of carbonyl (C=O) groups excluding carboxylic acids is 1. The predicted octanol–water partition coefficient (Wildman–Crippen LogP) is 1.93. The summed E-state index contributed by atoms with van der Waals surface area (Å²) in [6.45, 7) is 0.780. The Morgan fingerprint density at radius 3 is 3.00 bits per heavy atom. The first-order chi connectivity index (χ1) is 8.83. The molecular weight excluding hydrogens is 226 g/mol. The van der Waals surface area contributed by atoms with E-state index < -0.39 is 0 Å². The second-order valence-electron chi connectivity index (χ2n) is 4.52. The van der Waals surface area contributed by atoms with Crippen LogP contribution in [0, 0.1) is 0 Å². The van der Waals surface area contributed by atoms with Crippen molar-refractivity contribution in [3.05, 3.63) is 36.4 Å². The van der Waals surface area contributed by atoms with Crippen molar-refractivity contribution in [3.63, 3.8) is 0 Å². The number of rotatable bonds is 2. The van der Waals surface area contributed by atoms with Gasteiger partial charge in [-0.25, -0.2) is 4.98 Å². The highest BCUT2D eigenvalue weighted by Crippen LogP contribution is 2.16. The van der Waals surface area contributed by atoms with Crippen LogP contribution in [0.2, 0.25) is 0 Å². The second-order valence-corrected chi connectivity index (χ2v) is 4.52. The highest BCUT2D eigenvalue weighted by Gasteiger charge is 2.21. The molecule has 1 aliphatic rings. The van der Waals surface area contributed by atoms with Crippen molar-refractivity contribution in [2.24, 2.45) is 0 Å². The minimum Gasteiger partial charge on any atom is -0.358 e. The molecule has 0 aliphatic carbocycles. The van der Waals surface area contributed by atoms with E-state index in [1.165, 1.54) is 0 Å². The van der Waals surface area contributed by atoms with Crippen LogP contribution >= 0.6 is 0 Å². The summed E-state index contributed by atoms with van der Waals surface area (Å²) in [4.78, 5) is 16.2. The Balaban J connectivity index is 1.83. The van der Waals surface area contributed by atoms with E-state index in [4.69, 9.17) is 0 Å². The Bertz CT molecular complexity index is 582. The van der Waals surface area contributed by atoms with Crippen molar-refractivity contribution < 1.29 is 4.79 Å². The number of fused-ring (bicyclic) bond motifs is 1. The number of aromatic nitrogens is 1. The summed E-state index contributed by atoms with van der Waals surface area (Å²) in [5.41, 5.74) is 0.943. The fourth-order valence-corrected chi connectivity index (χ4v) is 2.23. The van der Waals surface area contributed by atoms with Gasteiger partial charge in [-0.3, -0.25) is 4.79 Å². The number of nitrogens with zero attached hydrogens (tertiary/aromatic N) is 1. The number of benzene rings is 1. The third-order valence-corrected chi connectivity index (χ3v) is 3.21. The molecule has 1 aromatic heterocycles. The first-order valence-electron chi connectivity index (χ1n) is 6.23. The fraction of sp³-hybridized carbons (Fsp3) is 0.286. The van der Waals surface area contributed by atoms with Crippen LogP contribution in [0.3, 0.4) is 0 Å². The Hall–Kier alpha value is -2.10. The van der Waals surface area contributed by atoms with E-state index in [0.29, 0.717) is 0 Å². The van der Waals surface area contributed by atoms with Crippen LogP contribution in [-0.4, -0.2) is 23.5 Å². The first-order valence-corrected chi connectivity index (χ1v) is 6.23. The Morgan fingerprint density at radius 2 is 2.11 bits per heavy atom. The normalized spacial score (nSPS) is 19.6. The molecule has 1 fully saturated rings. The van der Waals surface area contributed by atoms with Gasteiger partial charge in [-0.2, -0.15) is 0 Å². The van der Waals surface area contributed by atoms with E-state index in [2.05, 4.69) is 15.6 Å². The van der Waals surface area contributed by atoms with Crippen LogP contribution in [0.1, 0.15) is 12.8 Å². The molecule has 2 aromatic rings. The molecule has 3 rings (SSSR count). The maximum Gasteiger partial charge on any atom is 0.242 e. The molecule has 1 aromatic carbocycles. The molecule has 2 heterocycles. The lowest BCUT2D eigenvalue weighted by atomic mass is 10.1. The van der Waals surface area contributed by atoms with E-state index >= 15 is 0 Å². The topological polar surface area (TPSA) is 54.0 Å². The van der Waals surface area contributed by atoms with Crippen molar-refractivity contribution in [1.29, 1.82) is 0 Å². The number of hydrogen-bond donors (Lipinski definition) is 2. The highest BCUT2D eigenvalue weighted by atomic mass is 16.2. The van der Waals surface area contributed by atoms with Gasteiger partial charge in [0.25, 0.3) is 0 Å². The van der Waals surface area contributed by atoms with Crippen molar-refractivity contribution in [3.8, 4) is 0 Å². The van der Waals surface area contributed by atoms with Crippen LogP contribution in [0.4, 0.5) is 5.82 Å². The van der Waals surface area contributed by atoms with E-state index in [-0.39, 0.29) is 11.9 Å². The minimum absolute atomic E-state index is 0.0659. The molecule has 4 heteroatoms. The van der Waals surface area contributed by atoms with Gasteiger partial charge in [-0.15, -0.1) is 0 Å². The van der Waals surface area contributed by atoms with E-state index in [9.17, 15) is 4.79 Å². The maximum absolute atomic E-state index is 11.7. The van der Waals surface area contributed by atoms with Crippen molar-refractivity contribution in [2.75, 3.05) is 11.9 Å². The summed E-state index contributed by atoms with van der Waals surface area (Å²) in [7, 11) is 0. The highest BCUT2D eigenvalue weighted by molar-refractivity contribution is 5.86. The van der Waals surface area contributed by atoms with Crippen LogP contribution < -0.4 is 10.6 Å². The number of para-hydroxylation sites is 1. The molecule has 0 saturated carbocycles. The van der Waals surface area contributed by atoms with Gasteiger partial charge in [0.05, 0.1) is 5.52 Å². The van der Waals surface area contributed by atoms with Gasteiger partial charge in [0.15, 0.2) is 0 Å². The van der Waals surface area contributed by atoms with Crippen LogP contribution in [-0.2, 0) is 4.79 Å². The van der Waals surface area contributed by atoms with E-state index in [1.807, 2.05) is 36.4 Å². The van der Waals surface area contributed by atoms with Gasteiger partial charge in [0.1, 0.15) is 11.9 Å². The molecule has 92 valence electrons. The third kappa shape index (κ3) is 2.14. The number of anilines is 1. The molecule has 18 heavy (non-hydrogen) atoms. The minimum atomic E-state index is -0.160. The first kappa shape index (κ1) is 11.0. The maximum atomic E-state index is 11.7. The van der Waals surface area contributed by atoms with Crippen molar-refractivity contribution >= 4 is 22.6 Å². The summed E-state index contributed by atoms with van der Waals surface area (Å²) in [5, 5.41) is 7.17. The molecule has 0 radical (unpaired) electrons. The lowest BCUT2D eigenvalue weighted by Crippen LogP contribution is -2.44. The Labute approximate surface area is 105 Å². The predicted molar refractivity (Wildman–Crippen MR) is 71.4 cm³/mol. The average molecular weight is 241 g/mol. The van der Waals surface area contributed by atoms with Gasteiger partial charge in [-0.05, 0) is 31.0 Å². The van der Waals surface area contributed by atoms with Crippen molar-refractivity contribution in [2.45, 2.75) is 18.9 Å². The summed E-state index contributed by atoms with van der Waals surface area (Å²) >= 11 is 0. The zero-order chi connectivity index (χ0) is 12.4. The fourth-order valence-electron chi connectivity index (χ4n) is 2.23. The number of carbonyl (C=O) groups is 1. The summed E-state index contributed by atoms with van der Waals surface area (Å²) in [6, 6.07) is 11.7. The van der Waals surface area contributed by atoms with E-state index in [0.717, 1.165) is 36.1 Å². The number of piperidine rings is 1. The smallest absolute Gasteiger partial charge is 0.242 e. The standard InChI is InChI=1S/C14H15N3O/c18-14-12(6-3-9-15-14)17-13-8-7-10-4-1-2-5-11(10)16-13/h1-2,4-5,7-8,12H,3,6,9H2,(H,15,18)(H,16,17). The Kier molecular flexibility index (Phi) is 2.84. The van der Waals surface area contributed by atoms with Crippen molar-refractivity contribution in [1.82, 2.24) is 10.3 Å².